The molecule has 10 nitrogen and oxygen atoms in total. The van der Waals surface area contributed by atoms with Crippen LogP contribution < -0.4 is 10.1 Å². The van der Waals surface area contributed by atoms with Gasteiger partial charge in [0.2, 0.25) is 0 Å². The number of aromatic nitrogens is 6. The second-order valence-electron chi connectivity index (χ2n) is 12.2. The predicted molar refractivity (Wildman–Crippen MR) is 159 cm³/mol. The molecule has 41 heavy (non-hydrogen) atoms. The Bertz CT molecular complexity index is 1680. The van der Waals surface area contributed by atoms with Gasteiger partial charge in [0.15, 0.2) is 21.2 Å². The Hall–Kier alpha value is -3.31. The molecule has 2 aliphatic rings. The minimum absolute atomic E-state index is 0.207. The summed E-state index contributed by atoms with van der Waals surface area (Å²) in [6.45, 7) is 7.08. The van der Waals surface area contributed by atoms with E-state index in [0.717, 1.165) is 66.7 Å². The van der Waals surface area contributed by atoms with Crippen molar-refractivity contribution in [1.29, 1.82) is 0 Å². The van der Waals surface area contributed by atoms with Crippen molar-refractivity contribution in [2.75, 3.05) is 19.9 Å². The fourth-order valence-corrected chi connectivity index (χ4v) is 7.58. The molecule has 6 rings (SSSR count). The maximum atomic E-state index is 12.1. The number of aromatic amines is 1. The number of pyridine rings is 2. The topological polar surface area (TPSA) is 127 Å². The molecule has 11 heteroatoms. The van der Waals surface area contributed by atoms with Crippen molar-refractivity contribution in [1.82, 2.24) is 35.1 Å². The second kappa shape index (κ2) is 10.5. The summed E-state index contributed by atoms with van der Waals surface area (Å²) in [6.07, 6.45) is 12.7. The Kier molecular flexibility index (Phi) is 7.14. The summed E-state index contributed by atoms with van der Waals surface area (Å²) in [5.74, 6) is 1.32. The molecule has 4 heterocycles. The quantitative estimate of drug-likeness (QED) is 0.290. The van der Waals surface area contributed by atoms with Crippen LogP contribution in [0.4, 0.5) is 0 Å². The molecule has 0 unspecified atom stereocenters. The van der Waals surface area contributed by atoms with Gasteiger partial charge in [-0.3, -0.25) is 10.1 Å². The van der Waals surface area contributed by atoms with Gasteiger partial charge in [0.1, 0.15) is 12.0 Å². The number of hydrogen-bond acceptors (Lipinski definition) is 8. The summed E-state index contributed by atoms with van der Waals surface area (Å²) >= 11 is 0. The Morgan fingerprint density at radius 3 is 2.56 bits per heavy atom. The lowest BCUT2D eigenvalue weighted by Gasteiger charge is -2.31. The number of ether oxygens (including phenoxy) is 1. The molecule has 0 atom stereocenters. The van der Waals surface area contributed by atoms with Gasteiger partial charge in [-0.2, -0.15) is 10.2 Å². The number of nitrogens with zero attached hydrogens (tertiary/aromatic N) is 5. The highest BCUT2D eigenvalue weighted by molar-refractivity contribution is 7.92. The average molecular weight is 578 g/mol. The minimum atomic E-state index is -3.00. The van der Waals surface area contributed by atoms with Crippen LogP contribution in [0.5, 0.6) is 5.75 Å². The van der Waals surface area contributed by atoms with E-state index in [2.05, 4.69) is 47.3 Å². The fourth-order valence-electron chi connectivity index (χ4n) is 6.39. The SMILES string of the molecule is COc1cc(-c2[nH]nc(-c3cc(C)c(C4CCC(NCC5(S(C)(=O)=O)CC5)CC4)cn3)c2C(C)C)cn2ncnc12. The Morgan fingerprint density at radius 2 is 1.93 bits per heavy atom. The van der Waals surface area contributed by atoms with Crippen LogP contribution in [0, 0.1) is 6.92 Å². The molecule has 0 radical (unpaired) electrons. The summed E-state index contributed by atoms with van der Waals surface area (Å²) in [5, 5.41) is 15.9. The van der Waals surface area contributed by atoms with Gasteiger partial charge in [-0.05, 0) is 80.5 Å². The first-order valence-electron chi connectivity index (χ1n) is 14.5. The van der Waals surface area contributed by atoms with Crippen molar-refractivity contribution >= 4 is 15.5 Å². The maximum absolute atomic E-state index is 12.1. The van der Waals surface area contributed by atoms with Crippen LogP contribution in [-0.2, 0) is 9.84 Å². The van der Waals surface area contributed by atoms with Crippen LogP contribution in [-0.4, -0.2) is 68.9 Å². The van der Waals surface area contributed by atoms with Gasteiger partial charge in [-0.25, -0.2) is 17.9 Å². The van der Waals surface area contributed by atoms with E-state index in [4.69, 9.17) is 14.8 Å². The monoisotopic (exact) mass is 577 g/mol. The summed E-state index contributed by atoms with van der Waals surface area (Å²) in [6, 6.07) is 4.51. The fraction of sp³-hybridized carbons (Fsp3) is 0.533. The molecule has 0 aliphatic heterocycles. The highest BCUT2D eigenvalue weighted by Gasteiger charge is 2.51. The number of methoxy groups -OCH3 is 1. The van der Waals surface area contributed by atoms with Crippen molar-refractivity contribution in [3.8, 4) is 28.4 Å². The molecule has 2 aliphatic carbocycles. The van der Waals surface area contributed by atoms with Crippen molar-refractivity contribution in [3.63, 3.8) is 0 Å². The molecule has 2 fully saturated rings. The smallest absolute Gasteiger partial charge is 0.197 e. The largest absolute Gasteiger partial charge is 0.493 e. The van der Waals surface area contributed by atoms with Crippen LogP contribution in [0.2, 0.25) is 0 Å². The molecule has 2 saturated carbocycles. The van der Waals surface area contributed by atoms with E-state index < -0.39 is 14.6 Å². The summed E-state index contributed by atoms with van der Waals surface area (Å²) in [4.78, 5) is 9.21. The third-order valence-corrected chi connectivity index (χ3v) is 11.2. The first-order chi connectivity index (χ1) is 19.6. The molecular weight excluding hydrogens is 538 g/mol. The van der Waals surface area contributed by atoms with E-state index in [1.807, 2.05) is 18.5 Å². The Balaban J connectivity index is 1.20. The lowest BCUT2D eigenvalue weighted by molar-refractivity contribution is 0.340. The van der Waals surface area contributed by atoms with Crippen molar-refractivity contribution < 1.29 is 13.2 Å². The number of aryl methyl sites for hydroxylation is 1. The minimum Gasteiger partial charge on any atom is -0.493 e. The maximum Gasteiger partial charge on any atom is 0.197 e. The zero-order chi connectivity index (χ0) is 28.9. The molecule has 2 N–H and O–H groups in total. The third kappa shape index (κ3) is 5.14. The van der Waals surface area contributed by atoms with Crippen LogP contribution >= 0.6 is 0 Å². The highest BCUT2D eigenvalue weighted by atomic mass is 32.2. The lowest BCUT2D eigenvalue weighted by atomic mass is 9.80. The van der Waals surface area contributed by atoms with Gasteiger partial charge in [-0.15, -0.1) is 0 Å². The van der Waals surface area contributed by atoms with Gasteiger partial charge < -0.3 is 10.1 Å². The van der Waals surface area contributed by atoms with Crippen molar-refractivity contribution in [3.05, 3.63) is 47.5 Å². The van der Waals surface area contributed by atoms with Crippen LogP contribution in [0.3, 0.4) is 0 Å². The summed E-state index contributed by atoms with van der Waals surface area (Å²) < 4.78 is 31.0. The zero-order valence-electron chi connectivity index (χ0n) is 24.4. The molecule has 218 valence electrons. The van der Waals surface area contributed by atoms with Gasteiger partial charge in [-0.1, -0.05) is 13.8 Å². The number of fused-ring (bicyclic) bond motifs is 1. The number of rotatable bonds is 9. The lowest BCUT2D eigenvalue weighted by Crippen LogP contribution is -2.41. The average Bonchev–Trinajstić information content (AvgIpc) is 3.39. The summed E-state index contributed by atoms with van der Waals surface area (Å²) in [5.41, 5.74) is 7.85. The normalized spacial score (nSPS) is 20.5. The Labute approximate surface area is 241 Å². The molecule has 0 bridgehead atoms. The van der Waals surface area contributed by atoms with Crippen LogP contribution in [0.15, 0.2) is 30.9 Å². The highest BCUT2D eigenvalue weighted by Crippen LogP contribution is 2.43. The molecular formula is C30H39N7O3S. The summed E-state index contributed by atoms with van der Waals surface area (Å²) in [7, 11) is -1.37. The van der Waals surface area contributed by atoms with Crippen LogP contribution in [0.1, 0.15) is 80.9 Å². The van der Waals surface area contributed by atoms with E-state index in [0.29, 0.717) is 29.9 Å². The first kappa shape index (κ1) is 27.8. The van der Waals surface area contributed by atoms with Gasteiger partial charge in [0, 0.05) is 42.4 Å². The molecule has 4 aromatic rings. The standard InChI is InChI=1S/C30H39N7O3S/c1-18(2)26-27(21-13-25(40-4)29-33-17-34-37(29)15-21)35-36-28(26)24-12-19(3)23(14-31-24)20-6-8-22(9-7-20)32-16-30(10-11-30)41(5,38)39/h12-15,17-18,20,22,32H,6-11,16H2,1-5H3,(H,35,36). The number of hydrogen-bond donors (Lipinski definition) is 2. The molecule has 4 aromatic heterocycles. The Morgan fingerprint density at radius 1 is 1.17 bits per heavy atom. The van der Waals surface area contributed by atoms with E-state index in [1.165, 1.54) is 23.7 Å². The molecule has 0 saturated heterocycles. The van der Waals surface area contributed by atoms with Gasteiger partial charge in [0.25, 0.3) is 0 Å². The third-order valence-electron chi connectivity index (χ3n) is 9.10. The van der Waals surface area contributed by atoms with Crippen molar-refractivity contribution in [2.45, 2.75) is 81.9 Å². The first-order valence-corrected chi connectivity index (χ1v) is 16.4. The van der Waals surface area contributed by atoms with E-state index in [-0.39, 0.29) is 5.92 Å². The molecule has 0 aromatic carbocycles. The predicted octanol–water partition coefficient (Wildman–Crippen LogP) is 4.81. The van der Waals surface area contributed by atoms with E-state index >= 15 is 0 Å². The zero-order valence-corrected chi connectivity index (χ0v) is 25.3. The second-order valence-corrected chi connectivity index (χ2v) is 14.6. The van der Waals surface area contributed by atoms with E-state index in [1.54, 1.807) is 11.6 Å². The van der Waals surface area contributed by atoms with E-state index in [9.17, 15) is 8.42 Å². The van der Waals surface area contributed by atoms with Gasteiger partial charge in [0.05, 0.1) is 23.2 Å². The van der Waals surface area contributed by atoms with Gasteiger partial charge >= 0.3 is 0 Å². The molecule has 0 spiro atoms. The molecule has 0 amide bonds. The van der Waals surface area contributed by atoms with Crippen LogP contribution in [0.25, 0.3) is 28.3 Å². The van der Waals surface area contributed by atoms with Crippen molar-refractivity contribution in [2.24, 2.45) is 0 Å². The number of nitrogens with one attached hydrogen (secondary N) is 2. The number of H-pyrrole nitrogens is 1. The number of sulfone groups is 1.